The molecule has 4 rings (SSSR count). The van der Waals surface area contributed by atoms with E-state index in [1.807, 2.05) is 0 Å². The van der Waals surface area contributed by atoms with Gasteiger partial charge in [0.05, 0.1) is 18.1 Å². The van der Waals surface area contributed by atoms with E-state index < -0.39 is 0 Å². The molecule has 0 aromatic heterocycles. The number of fused-ring (bicyclic) bond motifs is 2. The molecule has 0 atom stereocenters. The average Bonchev–Trinajstić information content (AvgIpc) is 3.04. The molecular weight excluding hydrogens is 314 g/mol. The van der Waals surface area contributed by atoms with Crippen LogP contribution in [0.25, 0.3) is 21.9 Å². The quantitative estimate of drug-likeness (QED) is 0.512. The number of quaternary nitrogens is 1. The first-order chi connectivity index (χ1) is 11.7. The summed E-state index contributed by atoms with van der Waals surface area (Å²) >= 11 is 6.88. The van der Waals surface area contributed by atoms with Gasteiger partial charge in [-0.05, 0) is 30.4 Å². The molecule has 0 aliphatic carbocycles. The first-order valence-corrected chi connectivity index (χ1v) is 9.19. The Morgan fingerprint density at radius 2 is 1.38 bits per heavy atom. The minimum Gasteiger partial charge on any atom is -0.316 e. The monoisotopic (exact) mass is 336 g/mol. The molecule has 122 valence electrons. The second kappa shape index (κ2) is 5.91. The summed E-state index contributed by atoms with van der Waals surface area (Å²) in [6.07, 6.45) is 0. The molecule has 1 nitrogen and oxygen atoms in total. The molecule has 3 aromatic carbocycles. The Labute approximate surface area is 149 Å². The zero-order valence-electron chi connectivity index (χ0n) is 14.3. The van der Waals surface area contributed by atoms with Crippen LogP contribution < -0.4 is 0 Å². The molecule has 24 heavy (non-hydrogen) atoms. The van der Waals surface area contributed by atoms with Crippen LogP contribution in [0.2, 0.25) is 5.02 Å². The highest BCUT2D eigenvalue weighted by Gasteiger charge is 2.37. The van der Waals surface area contributed by atoms with E-state index in [1.54, 1.807) is 0 Å². The van der Waals surface area contributed by atoms with Crippen LogP contribution in [0.3, 0.4) is 0 Å². The molecular formula is C22H23ClN+. The van der Waals surface area contributed by atoms with Crippen LogP contribution in [0.4, 0.5) is 0 Å². The Kier molecular flexibility index (Phi) is 3.86. The Morgan fingerprint density at radius 1 is 0.792 bits per heavy atom. The standard InChI is InChI=1S/C22H23ClN/c1-3-24(4-2)14-19-20(15-24)22(23)18-13-9-8-12-17(18)21(19)16-10-6-5-7-11-16/h5-13H,3-4,14-15H2,1-2H3/q+1. The van der Waals surface area contributed by atoms with E-state index in [-0.39, 0.29) is 0 Å². The molecule has 0 unspecified atom stereocenters. The maximum atomic E-state index is 6.88. The zero-order valence-corrected chi connectivity index (χ0v) is 15.1. The normalized spacial score (nSPS) is 15.6. The highest BCUT2D eigenvalue weighted by atomic mass is 35.5. The fourth-order valence-electron chi connectivity index (χ4n) is 4.17. The van der Waals surface area contributed by atoms with E-state index in [0.717, 1.165) is 35.7 Å². The van der Waals surface area contributed by atoms with Gasteiger partial charge in [0, 0.05) is 16.5 Å². The molecule has 0 amide bonds. The number of rotatable bonds is 3. The summed E-state index contributed by atoms with van der Waals surface area (Å²) < 4.78 is 1.10. The molecule has 0 fully saturated rings. The molecule has 0 bridgehead atoms. The molecule has 0 N–H and O–H groups in total. The van der Waals surface area contributed by atoms with Crippen molar-refractivity contribution in [3.8, 4) is 11.1 Å². The van der Waals surface area contributed by atoms with Crippen molar-refractivity contribution in [2.24, 2.45) is 0 Å². The summed E-state index contributed by atoms with van der Waals surface area (Å²) in [7, 11) is 0. The van der Waals surface area contributed by atoms with Gasteiger partial charge >= 0.3 is 0 Å². The van der Waals surface area contributed by atoms with Gasteiger partial charge in [0.15, 0.2) is 0 Å². The van der Waals surface area contributed by atoms with Crippen molar-refractivity contribution in [2.45, 2.75) is 26.9 Å². The summed E-state index contributed by atoms with van der Waals surface area (Å²) in [6.45, 7) is 9.01. The van der Waals surface area contributed by atoms with E-state index in [2.05, 4.69) is 68.4 Å². The van der Waals surface area contributed by atoms with Crippen molar-refractivity contribution < 1.29 is 4.48 Å². The smallest absolute Gasteiger partial charge is 0.107 e. The lowest BCUT2D eigenvalue weighted by atomic mass is 9.91. The molecule has 0 saturated heterocycles. The Bertz CT molecular complexity index is 895. The first-order valence-electron chi connectivity index (χ1n) is 8.81. The van der Waals surface area contributed by atoms with Crippen LogP contribution in [0, 0.1) is 0 Å². The van der Waals surface area contributed by atoms with Crippen LogP contribution >= 0.6 is 11.6 Å². The summed E-state index contributed by atoms with van der Waals surface area (Å²) in [5.41, 5.74) is 5.49. The Balaban J connectivity index is 2.07. The number of nitrogens with zero attached hydrogens (tertiary/aromatic N) is 1. The van der Waals surface area contributed by atoms with Crippen molar-refractivity contribution in [1.82, 2.24) is 0 Å². The predicted molar refractivity (Wildman–Crippen MR) is 103 cm³/mol. The molecule has 1 aliphatic heterocycles. The van der Waals surface area contributed by atoms with Gasteiger partial charge in [-0.2, -0.15) is 0 Å². The lowest BCUT2D eigenvalue weighted by molar-refractivity contribution is -0.944. The van der Waals surface area contributed by atoms with Crippen LogP contribution in [0.15, 0.2) is 54.6 Å². The molecule has 0 radical (unpaired) electrons. The van der Waals surface area contributed by atoms with Crippen molar-refractivity contribution in [3.05, 3.63) is 70.7 Å². The third-order valence-electron chi connectivity index (χ3n) is 5.76. The highest BCUT2D eigenvalue weighted by Crippen LogP contribution is 2.45. The lowest BCUT2D eigenvalue weighted by Crippen LogP contribution is -2.42. The number of hydrogen-bond donors (Lipinski definition) is 0. The van der Waals surface area contributed by atoms with Gasteiger partial charge in [-0.3, -0.25) is 0 Å². The Hall–Kier alpha value is -1.83. The maximum Gasteiger partial charge on any atom is 0.107 e. The second-order valence-electron chi connectivity index (χ2n) is 6.85. The average molecular weight is 337 g/mol. The van der Waals surface area contributed by atoms with Crippen molar-refractivity contribution in [2.75, 3.05) is 13.1 Å². The van der Waals surface area contributed by atoms with E-state index in [9.17, 15) is 0 Å². The van der Waals surface area contributed by atoms with Gasteiger partial charge < -0.3 is 4.48 Å². The largest absolute Gasteiger partial charge is 0.316 e. The zero-order chi connectivity index (χ0) is 16.7. The molecule has 2 heteroatoms. The molecule has 3 aromatic rings. The minimum atomic E-state index is 0.960. The third kappa shape index (κ3) is 2.27. The first kappa shape index (κ1) is 15.7. The van der Waals surface area contributed by atoms with E-state index in [1.165, 1.54) is 33.0 Å². The maximum absolute atomic E-state index is 6.88. The fourth-order valence-corrected chi connectivity index (χ4v) is 4.51. The SMILES string of the molecule is CC[N+]1(CC)Cc2c(c(-c3ccccc3)c3ccccc3c2Cl)C1. The van der Waals surface area contributed by atoms with Crippen molar-refractivity contribution in [1.29, 1.82) is 0 Å². The molecule has 1 heterocycles. The van der Waals surface area contributed by atoms with E-state index in [0.29, 0.717) is 0 Å². The lowest BCUT2D eigenvalue weighted by Gasteiger charge is -2.31. The third-order valence-corrected chi connectivity index (χ3v) is 6.19. The fraction of sp³-hybridized carbons (Fsp3) is 0.273. The van der Waals surface area contributed by atoms with Crippen LogP contribution in [-0.4, -0.2) is 17.6 Å². The summed E-state index contributed by atoms with van der Waals surface area (Å²) in [6, 6.07) is 19.4. The van der Waals surface area contributed by atoms with Gasteiger partial charge in [0.25, 0.3) is 0 Å². The highest BCUT2D eigenvalue weighted by molar-refractivity contribution is 6.37. The van der Waals surface area contributed by atoms with Crippen LogP contribution in [-0.2, 0) is 13.1 Å². The summed E-state index contributed by atoms with van der Waals surface area (Å²) in [5, 5.41) is 3.42. The van der Waals surface area contributed by atoms with E-state index in [4.69, 9.17) is 11.6 Å². The van der Waals surface area contributed by atoms with Crippen LogP contribution in [0.1, 0.15) is 25.0 Å². The van der Waals surface area contributed by atoms with Crippen LogP contribution in [0.5, 0.6) is 0 Å². The molecule has 0 saturated carbocycles. The van der Waals surface area contributed by atoms with Gasteiger partial charge in [-0.1, -0.05) is 66.2 Å². The summed E-state index contributed by atoms with van der Waals surface area (Å²) in [4.78, 5) is 0. The number of hydrogen-bond acceptors (Lipinski definition) is 0. The number of benzene rings is 3. The Morgan fingerprint density at radius 3 is 2.04 bits per heavy atom. The van der Waals surface area contributed by atoms with Gasteiger partial charge in [0.2, 0.25) is 0 Å². The van der Waals surface area contributed by atoms with Crippen molar-refractivity contribution in [3.63, 3.8) is 0 Å². The topological polar surface area (TPSA) is 0 Å². The van der Waals surface area contributed by atoms with E-state index >= 15 is 0 Å². The van der Waals surface area contributed by atoms with Crippen molar-refractivity contribution >= 4 is 22.4 Å². The molecule has 1 aliphatic rings. The molecule has 0 spiro atoms. The van der Waals surface area contributed by atoms with Gasteiger partial charge in [-0.15, -0.1) is 0 Å². The second-order valence-corrected chi connectivity index (χ2v) is 7.23. The summed E-state index contributed by atoms with van der Waals surface area (Å²) in [5.74, 6) is 0. The van der Waals surface area contributed by atoms with Gasteiger partial charge in [-0.25, -0.2) is 0 Å². The van der Waals surface area contributed by atoms with Gasteiger partial charge in [0.1, 0.15) is 13.1 Å². The predicted octanol–water partition coefficient (Wildman–Crippen LogP) is 6.03. The minimum absolute atomic E-state index is 0.960. The number of halogens is 1.